The number of likely N-dealkylation sites (tertiary alicyclic amines) is 1. The average molecular weight is 475 g/mol. The number of carbonyl (C=O) groups is 2. The third-order valence-corrected chi connectivity index (χ3v) is 6.42. The van der Waals surface area contributed by atoms with E-state index in [2.05, 4.69) is 27.8 Å². The van der Waals surface area contributed by atoms with Gasteiger partial charge in [0, 0.05) is 18.3 Å². The number of fused-ring (bicyclic) bond motifs is 1. The highest BCUT2D eigenvalue weighted by molar-refractivity contribution is 5.87. The summed E-state index contributed by atoms with van der Waals surface area (Å²) in [4.78, 5) is 30.6. The van der Waals surface area contributed by atoms with Crippen LogP contribution in [0.5, 0.6) is 0 Å². The summed E-state index contributed by atoms with van der Waals surface area (Å²) in [5.74, 6) is 0.518. The zero-order valence-corrected chi connectivity index (χ0v) is 19.7. The van der Waals surface area contributed by atoms with Gasteiger partial charge < -0.3 is 26.0 Å². The Morgan fingerprint density at radius 2 is 2.20 bits per heavy atom. The monoisotopic (exact) mass is 474 g/mol. The Morgan fingerprint density at radius 3 is 2.94 bits per heavy atom. The van der Waals surface area contributed by atoms with Crippen LogP contribution in [0.2, 0.25) is 0 Å². The molecule has 3 aliphatic rings. The Labute approximate surface area is 205 Å². The maximum absolute atomic E-state index is 12.5. The number of rotatable bonds is 9. The van der Waals surface area contributed by atoms with Crippen molar-refractivity contribution in [3.05, 3.63) is 65.6 Å². The Hall–Kier alpha value is -3.74. The number of carbonyl (C=O) groups excluding carboxylic acids is 2. The van der Waals surface area contributed by atoms with E-state index in [9.17, 15) is 14.9 Å². The van der Waals surface area contributed by atoms with E-state index in [1.165, 1.54) is 0 Å². The quantitative estimate of drug-likeness (QED) is 0.488. The van der Waals surface area contributed by atoms with Crippen molar-refractivity contribution in [2.45, 2.75) is 18.6 Å². The minimum atomic E-state index is -0.409. The largest absolute Gasteiger partial charge is 0.490 e. The van der Waals surface area contributed by atoms with Crippen molar-refractivity contribution in [3.63, 3.8) is 0 Å². The summed E-state index contributed by atoms with van der Waals surface area (Å²) in [6, 6.07) is 9.27. The Bertz CT molecular complexity index is 1130. The van der Waals surface area contributed by atoms with E-state index < -0.39 is 6.04 Å². The summed E-state index contributed by atoms with van der Waals surface area (Å²) < 4.78 is 6.32. The molecule has 2 aliphatic heterocycles. The highest BCUT2D eigenvalue weighted by Crippen LogP contribution is 2.36. The third-order valence-electron chi connectivity index (χ3n) is 6.42. The maximum Gasteiger partial charge on any atom is 0.242 e. The lowest BCUT2D eigenvalue weighted by Crippen LogP contribution is -2.57. The molecule has 1 aromatic carbocycles. The molecule has 0 bridgehead atoms. The number of ether oxygens (including phenoxy) is 1. The first-order valence-corrected chi connectivity index (χ1v) is 11.8. The van der Waals surface area contributed by atoms with Gasteiger partial charge in [-0.1, -0.05) is 24.3 Å². The van der Waals surface area contributed by atoms with Gasteiger partial charge in [-0.25, -0.2) is 0 Å². The summed E-state index contributed by atoms with van der Waals surface area (Å²) in [5, 5.41) is 14.8. The molecule has 2 heterocycles. The molecule has 1 fully saturated rings. The van der Waals surface area contributed by atoms with Gasteiger partial charge in [-0.2, -0.15) is 5.26 Å². The number of allylic oxidation sites excluding steroid dienone is 5. The van der Waals surface area contributed by atoms with Crippen LogP contribution in [0.1, 0.15) is 17.5 Å². The Balaban J connectivity index is 1.36. The van der Waals surface area contributed by atoms with Gasteiger partial charge in [-0.3, -0.25) is 14.6 Å². The Morgan fingerprint density at radius 1 is 1.37 bits per heavy atom. The minimum absolute atomic E-state index is 0.00652. The molecule has 1 saturated heterocycles. The molecular weight excluding hydrogens is 444 g/mol. The number of nitrogens with one attached hydrogen (secondary N) is 2. The number of nitriles is 1. The van der Waals surface area contributed by atoms with Crippen LogP contribution in [-0.4, -0.2) is 68.3 Å². The topological polar surface area (TPSA) is 133 Å². The van der Waals surface area contributed by atoms with E-state index in [1.54, 1.807) is 24.2 Å². The molecule has 4 rings (SSSR count). The number of amides is 2. The van der Waals surface area contributed by atoms with Crippen LogP contribution < -0.4 is 16.4 Å². The number of hydrogen-bond acceptors (Lipinski definition) is 7. The van der Waals surface area contributed by atoms with E-state index in [-0.39, 0.29) is 36.3 Å². The molecule has 4 N–H and O–H groups in total. The van der Waals surface area contributed by atoms with Gasteiger partial charge >= 0.3 is 0 Å². The molecular formula is C26H30N6O3. The van der Waals surface area contributed by atoms with Crippen LogP contribution in [-0.2, 0) is 14.3 Å². The van der Waals surface area contributed by atoms with Crippen LogP contribution >= 0.6 is 0 Å². The van der Waals surface area contributed by atoms with Crippen LogP contribution in [0.15, 0.2) is 59.4 Å². The normalized spacial score (nSPS) is 21.7. The van der Waals surface area contributed by atoms with Gasteiger partial charge in [-0.15, -0.1) is 0 Å². The van der Waals surface area contributed by atoms with Crippen molar-refractivity contribution < 1.29 is 14.3 Å². The zero-order chi connectivity index (χ0) is 24.8. The summed E-state index contributed by atoms with van der Waals surface area (Å²) in [6.07, 6.45) is 10.2. The lowest BCUT2D eigenvalue weighted by Gasteiger charge is -2.41. The third kappa shape index (κ3) is 5.67. The number of nitrogens with zero attached hydrogens (tertiary/aromatic N) is 3. The SMILES string of the molecule is CNC(CCN)C(=O)NCC(=O)N1CC(OC2=CC(c3cccc(C#N)c3)=CC3C=CN=CC23)C1. The fraction of sp³-hybridized carbons (Fsp3) is 0.385. The number of hydrogen-bond donors (Lipinski definition) is 3. The molecule has 3 atom stereocenters. The highest BCUT2D eigenvalue weighted by atomic mass is 16.5. The number of aliphatic imine (C=N–C) groups is 1. The smallest absolute Gasteiger partial charge is 0.242 e. The first-order valence-electron chi connectivity index (χ1n) is 11.8. The van der Waals surface area contributed by atoms with Gasteiger partial charge in [0.1, 0.15) is 11.9 Å². The second-order valence-corrected chi connectivity index (χ2v) is 8.78. The second-order valence-electron chi connectivity index (χ2n) is 8.78. The van der Waals surface area contributed by atoms with E-state index in [0.29, 0.717) is 31.6 Å². The minimum Gasteiger partial charge on any atom is -0.490 e. The van der Waals surface area contributed by atoms with Gasteiger partial charge in [0.15, 0.2) is 0 Å². The molecule has 9 heteroatoms. The fourth-order valence-electron chi connectivity index (χ4n) is 4.38. The van der Waals surface area contributed by atoms with E-state index in [1.807, 2.05) is 36.6 Å². The van der Waals surface area contributed by atoms with Crippen molar-refractivity contribution in [2.75, 3.05) is 33.2 Å². The van der Waals surface area contributed by atoms with E-state index in [0.717, 1.165) is 16.9 Å². The van der Waals surface area contributed by atoms with Crippen LogP contribution in [0, 0.1) is 23.2 Å². The first-order chi connectivity index (χ1) is 17.0. The lowest BCUT2D eigenvalue weighted by molar-refractivity contribution is -0.143. The molecule has 0 spiro atoms. The molecule has 0 radical (unpaired) electrons. The molecule has 9 nitrogen and oxygen atoms in total. The highest BCUT2D eigenvalue weighted by Gasteiger charge is 2.36. The van der Waals surface area contributed by atoms with Crippen molar-refractivity contribution in [3.8, 4) is 6.07 Å². The standard InChI is InChI=1S/C26H30N6O3/c1-29-23(5-7-27)26(34)31-14-25(33)32-15-21(16-32)35-24-11-20(10-19-6-8-30-13-22(19)24)18-4-2-3-17(9-18)12-28/h2-4,6,8-11,13,19,21-23,29H,5,7,14-16,27H2,1H3,(H,31,34). The predicted octanol–water partition coefficient (Wildman–Crippen LogP) is 0.950. The summed E-state index contributed by atoms with van der Waals surface area (Å²) in [6.45, 7) is 1.24. The lowest BCUT2D eigenvalue weighted by atomic mass is 9.82. The maximum atomic E-state index is 12.5. The van der Waals surface area contributed by atoms with Crippen molar-refractivity contribution >= 4 is 23.6 Å². The van der Waals surface area contributed by atoms with Crippen molar-refractivity contribution in [1.82, 2.24) is 15.5 Å². The number of nitrogens with two attached hydrogens (primary N) is 1. The Kier molecular flexibility index (Phi) is 7.75. The summed E-state index contributed by atoms with van der Waals surface area (Å²) in [5.41, 5.74) is 8.07. The van der Waals surface area contributed by atoms with Gasteiger partial charge in [0.2, 0.25) is 11.8 Å². The second kappa shape index (κ2) is 11.1. The zero-order valence-electron chi connectivity index (χ0n) is 19.7. The van der Waals surface area contributed by atoms with Gasteiger partial charge in [0.25, 0.3) is 0 Å². The molecule has 35 heavy (non-hydrogen) atoms. The van der Waals surface area contributed by atoms with Crippen molar-refractivity contribution in [1.29, 1.82) is 5.26 Å². The molecule has 1 aliphatic carbocycles. The molecule has 182 valence electrons. The molecule has 0 aromatic heterocycles. The van der Waals surface area contributed by atoms with Crippen LogP contribution in [0.25, 0.3) is 5.57 Å². The predicted molar refractivity (Wildman–Crippen MR) is 133 cm³/mol. The summed E-state index contributed by atoms with van der Waals surface area (Å²) in [7, 11) is 1.69. The van der Waals surface area contributed by atoms with Crippen molar-refractivity contribution in [2.24, 2.45) is 22.6 Å². The molecule has 1 aromatic rings. The van der Waals surface area contributed by atoms with Crippen LogP contribution in [0.4, 0.5) is 0 Å². The molecule has 2 amide bonds. The van der Waals surface area contributed by atoms with Crippen LogP contribution in [0.3, 0.4) is 0 Å². The van der Waals surface area contributed by atoms with Gasteiger partial charge in [0.05, 0.1) is 43.2 Å². The summed E-state index contributed by atoms with van der Waals surface area (Å²) >= 11 is 0. The number of benzene rings is 1. The van der Waals surface area contributed by atoms with Gasteiger partial charge in [-0.05, 0) is 49.4 Å². The first kappa shape index (κ1) is 24.4. The molecule has 3 unspecified atom stereocenters. The average Bonchev–Trinajstić information content (AvgIpc) is 2.87. The van der Waals surface area contributed by atoms with E-state index in [4.69, 9.17) is 10.5 Å². The fourth-order valence-corrected chi connectivity index (χ4v) is 4.38. The molecule has 0 saturated carbocycles. The van der Waals surface area contributed by atoms with E-state index >= 15 is 0 Å². The number of likely N-dealkylation sites (N-methyl/N-ethyl adjacent to an activating group) is 1.